The van der Waals surface area contributed by atoms with Gasteiger partial charge in [-0.25, -0.2) is 9.69 Å². The van der Waals surface area contributed by atoms with Crippen molar-refractivity contribution in [1.29, 1.82) is 0 Å². The molecule has 0 bridgehead atoms. The van der Waals surface area contributed by atoms with Gasteiger partial charge in [0.1, 0.15) is 11.8 Å². The summed E-state index contributed by atoms with van der Waals surface area (Å²) < 4.78 is 6.43. The van der Waals surface area contributed by atoms with E-state index >= 15 is 0 Å². The summed E-state index contributed by atoms with van der Waals surface area (Å²) in [6, 6.07) is 18.9. The van der Waals surface area contributed by atoms with Crippen LogP contribution in [-0.4, -0.2) is 40.1 Å². The van der Waals surface area contributed by atoms with E-state index in [0.717, 1.165) is 28.0 Å². The molecule has 0 unspecified atom stereocenters. The second-order valence-corrected chi connectivity index (χ2v) is 12.5. The maximum atomic E-state index is 13.9. The van der Waals surface area contributed by atoms with Gasteiger partial charge < -0.3 is 10.1 Å². The number of nitrogens with one attached hydrogen (secondary N) is 1. The molecule has 0 spiro atoms. The van der Waals surface area contributed by atoms with Crippen molar-refractivity contribution in [3.8, 4) is 0 Å². The van der Waals surface area contributed by atoms with Gasteiger partial charge in [-0.05, 0) is 54.8 Å². The Labute approximate surface area is 246 Å². The number of anilines is 2. The van der Waals surface area contributed by atoms with Crippen LogP contribution in [0.1, 0.15) is 33.0 Å². The summed E-state index contributed by atoms with van der Waals surface area (Å²) in [5.41, 5.74) is 1.29. The van der Waals surface area contributed by atoms with Crippen LogP contribution < -0.4 is 15.1 Å². The SMILES string of the molecule is CCOC(=O)c1ccc(N2C(=O)[C@H]3[C@H](c4cccs4)c4sc(=O)n(CC(=O)Nc5ccccc5)c4S[C@H]3C2=O)cc1. The predicted octanol–water partition coefficient (Wildman–Crippen LogP) is 4.58. The van der Waals surface area contributed by atoms with Crippen LogP contribution in [0.15, 0.2) is 81.9 Å². The molecule has 6 rings (SSSR count). The summed E-state index contributed by atoms with van der Waals surface area (Å²) in [6.07, 6.45) is 0. The highest BCUT2D eigenvalue weighted by Gasteiger charge is 2.57. The van der Waals surface area contributed by atoms with Gasteiger partial charge in [-0.15, -0.1) is 11.3 Å². The van der Waals surface area contributed by atoms with E-state index in [0.29, 0.717) is 26.8 Å². The van der Waals surface area contributed by atoms with Crippen LogP contribution in [0.3, 0.4) is 0 Å². The van der Waals surface area contributed by atoms with Gasteiger partial charge in [-0.2, -0.15) is 0 Å². The van der Waals surface area contributed by atoms with E-state index in [1.807, 2.05) is 23.6 Å². The Balaban J connectivity index is 1.35. The molecular formula is C29H23N3O6S3. The van der Waals surface area contributed by atoms with Crippen LogP contribution in [0.5, 0.6) is 0 Å². The van der Waals surface area contributed by atoms with Gasteiger partial charge >= 0.3 is 10.8 Å². The smallest absolute Gasteiger partial charge is 0.338 e. The molecule has 2 aromatic heterocycles. The van der Waals surface area contributed by atoms with E-state index < -0.39 is 29.0 Å². The zero-order valence-electron chi connectivity index (χ0n) is 21.6. The van der Waals surface area contributed by atoms with Crippen molar-refractivity contribution in [3.63, 3.8) is 0 Å². The number of imide groups is 1. The molecule has 2 aliphatic rings. The minimum atomic E-state index is -0.788. The lowest BCUT2D eigenvalue weighted by atomic mass is 9.87. The quantitative estimate of drug-likeness (QED) is 0.242. The van der Waals surface area contributed by atoms with Crippen LogP contribution in [-0.2, 0) is 25.7 Å². The summed E-state index contributed by atoms with van der Waals surface area (Å²) in [4.78, 5) is 68.3. The van der Waals surface area contributed by atoms with Gasteiger partial charge in [0, 0.05) is 21.4 Å². The van der Waals surface area contributed by atoms with Gasteiger partial charge in [-0.1, -0.05) is 47.4 Å². The zero-order valence-corrected chi connectivity index (χ0v) is 24.1. The minimum absolute atomic E-state index is 0.220. The Hall–Kier alpha value is -4.00. The molecule has 1 fully saturated rings. The summed E-state index contributed by atoms with van der Waals surface area (Å²) >= 11 is 3.63. The van der Waals surface area contributed by atoms with Gasteiger partial charge in [0.15, 0.2) is 0 Å². The van der Waals surface area contributed by atoms with E-state index in [9.17, 15) is 24.0 Å². The number of amides is 3. The van der Waals surface area contributed by atoms with Gasteiger partial charge in [0.05, 0.1) is 28.8 Å². The third-order valence-electron chi connectivity index (χ3n) is 6.89. The number of para-hydroxylation sites is 1. The Kier molecular flexibility index (Phi) is 7.37. The number of esters is 1. The summed E-state index contributed by atoms with van der Waals surface area (Å²) in [5, 5.41) is 4.44. The summed E-state index contributed by atoms with van der Waals surface area (Å²) in [7, 11) is 0. The first-order chi connectivity index (χ1) is 19.9. The molecule has 4 heterocycles. The van der Waals surface area contributed by atoms with Gasteiger partial charge in [0.2, 0.25) is 17.7 Å². The normalized spacial score (nSPS) is 19.5. The number of thiazole rings is 1. The molecule has 0 radical (unpaired) electrons. The Morgan fingerprint density at radius 2 is 1.71 bits per heavy atom. The largest absolute Gasteiger partial charge is 0.462 e. The number of carbonyl (C=O) groups excluding carboxylic acids is 4. The fraction of sp³-hybridized carbons (Fsp3) is 0.207. The van der Waals surface area contributed by atoms with Crippen LogP contribution >= 0.6 is 34.4 Å². The van der Waals surface area contributed by atoms with Crippen molar-refractivity contribution < 1.29 is 23.9 Å². The van der Waals surface area contributed by atoms with Crippen molar-refractivity contribution in [2.45, 2.75) is 29.7 Å². The molecule has 2 aromatic carbocycles. The Morgan fingerprint density at radius 1 is 0.951 bits per heavy atom. The highest BCUT2D eigenvalue weighted by molar-refractivity contribution is 8.00. The zero-order chi connectivity index (χ0) is 28.7. The highest BCUT2D eigenvalue weighted by Crippen LogP contribution is 2.54. The first kappa shape index (κ1) is 27.2. The molecule has 3 atom stereocenters. The third kappa shape index (κ3) is 4.92. The number of ether oxygens (including phenoxy) is 1. The van der Waals surface area contributed by atoms with E-state index in [-0.39, 0.29) is 29.8 Å². The van der Waals surface area contributed by atoms with E-state index in [1.54, 1.807) is 43.3 Å². The molecule has 1 N–H and O–H groups in total. The fourth-order valence-electron chi connectivity index (χ4n) is 5.11. The molecule has 208 valence electrons. The fourth-order valence-corrected chi connectivity index (χ4v) is 8.83. The van der Waals surface area contributed by atoms with E-state index in [4.69, 9.17) is 4.74 Å². The molecule has 4 aromatic rings. The summed E-state index contributed by atoms with van der Waals surface area (Å²) in [6.45, 7) is 1.73. The lowest BCUT2D eigenvalue weighted by molar-refractivity contribution is -0.122. The summed E-state index contributed by atoms with van der Waals surface area (Å²) in [5.74, 6) is -2.86. The molecular weight excluding hydrogens is 583 g/mol. The van der Waals surface area contributed by atoms with Crippen molar-refractivity contribution in [3.05, 3.63) is 97.1 Å². The maximum absolute atomic E-state index is 13.9. The molecule has 41 heavy (non-hydrogen) atoms. The van der Waals surface area contributed by atoms with Crippen molar-refractivity contribution >= 4 is 69.5 Å². The van der Waals surface area contributed by atoms with Gasteiger partial charge in [-0.3, -0.25) is 23.7 Å². The Morgan fingerprint density at radius 3 is 2.39 bits per heavy atom. The standard InChI is InChI=1S/C29H23N3O6S3/c1-2-38-28(36)16-10-12-18(13-11-16)32-25(34)22-21(19-9-6-14-39-19)24-27(40-23(22)26(32)35)31(29(37)41-24)15-20(33)30-17-7-4-3-5-8-17/h3-14,21-23H,2,15H2,1H3,(H,30,33)/t21-,22-,23+/m0/s1. The molecule has 2 aliphatic heterocycles. The van der Waals surface area contributed by atoms with Crippen LogP contribution in [0, 0.1) is 5.92 Å². The highest BCUT2D eigenvalue weighted by atomic mass is 32.2. The number of carbonyl (C=O) groups is 4. The lowest BCUT2D eigenvalue weighted by Gasteiger charge is -2.29. The number of aromatic nitrogens is 1. The van der Waals surface area contributed by atoms with Crippen molar-refractivity contribution in [2.75, 3.05) is 16.8 Å². The van der Waals surface area contributed by atoms with E-state index in [1.165, 1.54) is 32.9 Å². The second-order valence-electron chi connectivity index (χ2n) is 9.37. The van der Waals surface area contributed by atoms with Crippen molar-refractivity contribution in [2.24, 2.45) is 5.92 Å². The monoisotopic (exact) mass is 605 g/mol. The van der Waals surface area contributed by atoms with Crippen molar-refractivity contribution in [1.82, 2.24) is 4.57 Å². The predicted molar refractivity (Wildman–Crippen MR) is 158 cm³/mol. The molecule has 12 heteroatoms. The number of hydrogen-bond acceptors (Lipinski definition) is 9. The first-order valence-electron chi connectivity index (χ1n) is 12.8. The molecule has 1 saturated heterocycles. The van der Waals surface area contributed by atoms with Gasteiger partial charge in [0.25, 0.3) is 0 Å². The minimum Gasteiger partial charge on any atom is -0.462 e. The molecule has 9 nitrogen and oxygen atoms in total. The number of nitrogens with zero attached hydrogens (tertiary/aromatic N) is 2. The topological polar surface area (TPSA) is 115 Å². The van der Waals surface area contributed by atoms with Crippen LogP contribution in [0.25, 0.3) is 0 Å². The number of rotatable bonds is 7. The van der Waals surface area contributed by atoms with Crippen LogP contribution in [0.2, 0.25) is 0 Å². The second kappa shape index (κ2) is 11.1. The first-order valence-corrected chi connectivity index (χ1v) is 15.4. The lowest BCUT2D eigenvalue weighted by Crippen LogP contribution is -2.32. The third-order valence-corrected chi connectivity index (χ3v) is 10.5. The molecule has 0 saturated carbocycles. The number of benzene rings is 2. The number of thioether (sulfide) groups is 1. The average Bonchev–Trinajstić information content (AvgIpc) is 3.67. The number of hydrogen-bond donors (Lipinski definition) is 1. The molecule has 3 amide bonds. The Bertz CT molecular complexity index is 1700. The number of thiophene rings is 1. The van der Waals surface area contributed by atoms with E-state index in [2.05, 4.69) is 5.32 Å². The number of fused-ring (bicyclic) bond motifs is 2. The average molecular weight is 606 g/mol. The maximum Gasteiger partial charge on any atom is 0.338 e. The molecule has 0 aliphatic carbocycles. The van der Waals surface area contributed by atoms with Crippen LogP contribution in [0.4, 0.5) is 11.4 Å².